The van der Waals surface area contributed by atoms with Gasteiger partial charge in [-0.05, 0) is 31.0 Å². The number of aliphatic hydroxyl groups is 1. The third-order valence-corrected chi connectivity index (χ3v) is 3.82. The molecule has 1 aliphatic heterocycles. The van der Waals surface area contributed by atoms with Crippen LogP contribution in [0, 0.1) is 0 Å². The first-order valence-corrected chi connectivity index (χ1v) is 7.12. The molecule has 1 fully saturated rings. The lowest BCUT2D eigenvalue weighted by Crippen LogP contribution is -2.38. The van der Waals surface area contributed by atoms with Crippen molar-refractivity contribution in [3.63, 3.8) is 0 Å². The fourth-order valence-corrected chi connectivity index (χ4v) is 2.71. The molecule has 1 aliphatic rings. The summed E-state index contributed by atoms with van der Waals surface area (Å²) in [5.74, 6) is 0. The molecule has 2 heterocycles. The van der Waals surface area contributed by atoms with Crippen molar-refractivity contribution in [3.8, 4) is 11.3 Å². The molecule has 0 amide bonds. The molecule has 2 N–H and O–H groups in total. The zero-order chi connectivity index (χ0) is 13.8. The molecule has 3 rings (SSSR count). The highest BCUT2D eigenvalue weighted by Crippen LogP contribution is 2.26. The maximum Gasteiger partial charge on any atom is 0.0943 e. The second kappa shape index (κ2) is 6.11. The van der Waals surface area contributed by atoms with Gasteiger partial charge >= 0.3 is 0 Å². The number of piperidine rings is 1. The van der Waals surface area contributed by atoms with Crippen molar-refractivity contribution in [1.29, 1.82) is 0 Å². The maximum atomic E-state index is 10.5. The minimum absolute atomic E-state index is 0.154. The first-order valence-electron chi connectivity index (χ1n) is 7.12. The van der Waals surface area contributed by atoms with Crippen molar-refractivity contribution in [2.45, 2.75) is 31.4 Å². The highest BCUT2D eigenvalue weighted by molar-refractivity contribution is 5.59. The summed E-state index contributed by atoms with van der Waals surface area (Å²) in [7, 11) is 0. The lowest BCUT2D eigenvalue weighted by atomic mass is 9.94. The van der Waals surface area contributed by atoms with Crippen LogP contribution in [0.3, 0.4) is 0 Å². The van der Waals surface area contributed by atoms with E-state index in [9.17, 15) is 5.11 Å². The van der Waals surface area contributed by atoms with E-state index < -0.39 is 6.10 Å². The molecule has 2 atom stereocenters. The van der Waals surface area contributed by atoms with Gasteiger partial charge < -0.3 is 10.4 Å². The van der Waals surface area contributed by atoms with E-state index in [1.165, 1.54) is 12.8 Å². The predicted octanol–water partition coefficient (Wildman–Crippen LogP) is 2.32. The fourth-order valence-electron chi connectivity index (χ4n) is 2.71. The van der Waals surface area contributed by atoms with Crippen LogP contribution in [0.15, 0.2) is 42.9 Å². The molecule has 1 aromatic carbocycles. The van der Waals surface area contributed by atoms with E-state index in [-0.39, 0.29) is 6.04 Å². The second-order valence-electron chi connectivity index (χ2n) is 5.22. The molecule has 20 heavy (non-hydrogen) atoms. The summed E-state index contributed by atoms with van der Waals surface area (Å²) >= 11 is 0. The Bertz CT molecular complexity index is 553. The molecule has 4 heteroatoms. The standard InChI is InChI=1S/C16H19N3O/c20-16(14-6-1-2-7-18-14)13-5-3-4-12(10-13)15-11-17-8-9-19-15/h3-5,8-11,14,16,18,20H,1-2,6-7H2/t14-,16-/m0/s1. The molecular formula is C16H19N3O. The predicted molar refractivity (Wildman–Crippen MR) is 78.1 cm³/mol. The molecule has 4 nitrogen and oxygen atoms in total. The smallest absolute Gasteiger partial charge is 0.0943 e. The van der Waals surface area contributed by atoms with Crippen LogP contribution in [-0.2, 0) is 0 Å². The maximum absolute atomic E-state index is 10.5. The number of aromatic nitrogens is 2. The summed E-state index contributed by atoms with van der Waals surface area (Å²) in [4.78, 5) is 8.39. The summed E-state index contributed by atoms with van der Waals surface area (Å²) in [6.07, 6.45) is 8.02. The van der Waals surface area contributed by atoms with Gasteiger partial charge in [0.15, 0.2) is 0 Å². The van der Waals surface area contributed by atoms with Crippen molar-refractivity contribution in [2.24, 2.45) is 0 Å². The Labute approximate surface area is 118 Å². The van der Waals surface area contributed by atoms with Gasteiger partial charge in [0.1, 0.15) is 0 Å². The van der Waals surface area contributed by atoms with E-state index >= 15 is 0 Å². The van der Waals surface area contributed by atoms with Crippen LogP contribution in [-0.4, -0.2) is 27.7 Å². The SMILES string of the molecule is O[C@@H](c1cccc(-c2cnccn2)c1)[C@@H]1CCCCN1. The highest BCUT2D eigenvalue weighted by atomic mass is 16.3. The van der Waals surface area contributed by atoms with Gasteiger partial charge in [0.05, 0.1) is 18.0 Å². The van der Waals surface area contributed by atoms with Crippen molar-refractivity contribution >= 4 is 0 Å². The molecule has 0 saturated carbocycles. The Morgan fingerprint density at radius 3 is 2.95 bits per heavy atom. The third kappa shape index (κ3) is 2.86. The summed E-state index contributed by atoms with van der Waals surface area (Å²) in [6.45, 7) is 0.992. The summed E-state index contributed by atoms with van der Waals surface area (Å²) in [5, 5.41) is 13.9. The minimum Gasteiger partial charge on any atom is -0.387 e. The molecule has 0 aliphatic carbocycles. The van der Waals surface area contributed by atoms with Crippen molar-refractivity contribution < 1.29 is 5.11 Å². The Balaban J connectivity index is 1.83. The van der Waals surface area contributed by atoms with Crippen LogP contribution >= 0.6 is 0 Å². The fraction of sp³-hybridized carbons (Fsp3) is 0.375. The first-order chi connectivity index (χ1) is 9.84. The second-order valence-corrected chi connectivity index (χ2v) is 5.22. The quantitative estimate of drug-likeness (QED) is 0.898. The van der Waals surface area contributed by atoms with E-state index in [0.717, 1.165) is 29.8 Å². The van der Waals surface area contributed by atoms with Crippen LogP contribution in [0.4, 0.5) is 0 Å². The molecule has 0 spiro atoms. The highest BCUT2D eigenvalue weighted by Gasteiger charge is 2.22. The summed E-state index contributed by atoms with van der Waals surface area (Å²) in [6, 6.07) is 8.09. The number of hydrogen-bond acceptors (Lipinski definition) is 4. The Morgan fingerprint density at radius 2 is 2.20 bits per heavy atom. The Hall–Kier alpha value is -1.78. The van der Waals surface area contributed by atoms with Gasteiger partial charge in [0, 0.05) is 24.0 Å². The Morgan fingerprint density at radius 1 is 1.25 bits per heavy atom. The normalized spacial score (nSPS) is 20.6. The van der Waals surface area contributed by atoms with Gasteiger partial charge in [-0.25, -0.2) is 0 Å². The van der Waals surface area contributed by atoms with E-state index in [1.807, 2.05) is 24.3 Å². The number of nitrogens with one attached hydrogen (secondary N) is 1. The van der Waals surface area contributed by atoms with Gasteiger partial charge in [-0.3, -0.25) is 9.97 Å². The monoisotopic (exact) mass is 269 g/mol. The summed E-state index contributed by atoms with van der Waals surface area (Å²) in [5.41, 5.74) is 2.76. The van der Waals surface area contributed by atoms with Crippen molar-refractivity contribution in [2.75, 3.05) is 6.54 Å². The molecular weight excluding hydrogens is 250 g/mol. The van der Waals surface area contributed by atoms with Crippen LogP contribution in [0.25, 0.3) is 11.3 Å². The topological polar surface area (TPSA) is 58.0 Å². The van der Waals surface area contributed by atoms with Crippen LogP contribution in [0.1, 0.15) is 30.9 Å². The molecule has 104 valence electrons. The van der Waals surface area contributed by atoms with Gasteiger partial charge in [-0.15, -0.1) is 0 Å². The van der Waals surface area contributed by atoms with E-state index in [2.05, 4.69) is 15.3 Å². The van der Waals surface area contributed by atoms with Crippen molar-refractivity contribution in [3.05, 3.63) is 48.4 Å². The molecule has 0 radical (unpaired) electrons. The Kier molecular flexibility index (Phi) is 4.04. The number of rotatable bonds is 3. The largest absolute Gasteiger partial charge is 0.387 e. The molecule has 2 aromatic rings. The molecule has 1 saturated heterocycles. The summed E-state index contributed by atoms with van der Waals surface area (Å²) < 4.78 is 0. The minimum atomic E-state index is -0.466. The van der Waals surface area contributed by atoms with E-state index in [1.54, 1.807) is 18.6 Å². The van der Waals surface area contributed by atoms with Crippen LogP contribution in [0.5, 0.6) is 0 Å². The van der Waals surface area contributed by atoms with Gasteiger partial charge in [-0.2, -0.15) is 0 Å². The number of benzene rings is 1. The average molecular weight is 269 g/mol. The van der Waals surface area contributed by atoms with Gasteiger partial charge in [0.25, 0.3) is 0 Å². The molecule has 0 unspecified atom stereocenters. The number of nitrogens with zero attached hydrogens (tertiary/aromatic N) is 2. The molecule has 0 bridgehead atoms. The molecule has 1 aromatic heterocycles. The third-order valence-electron chi connectivity index (χ3n) is 3.82. The zero-order valence-corrected chi connectivity index (χ0v) is 11.4. The van der Waals surface area contributed by atoms with Crippen LogP contribution in [0.2, 0.25) is 0 Å². The number of aliphatic hydroxyl groups excluding tert-OH is 1. The van der Waals surface area contributed by atoms with Crippen molar-refractivity contribution in [1.82, 2.24) is 15.3 Å². The van der Waals surface area contributed by atoms with Crippen LogP contribution < -0.4 is 5.32 Å². The van der Waals surface area contributed by atoms with E-state index in [0.29, 0.717) is 0 Å². The first kappa shape index (κ1) is 13.2. The van der Waals surface area contributed by atoms with Gasteiger partial charge in [0.2, 0.25) is 0 Å². The number of hydrogen-bond donors (Lipinski definition) is 2. The average Bonchev–Trinajstić information content (AvgIpc) is 2.56. The van der Waals surface area contributed by atoms with E-state index in [4.69, 9.17) is 0 Å². The lowest BCUT2D eigenvalue weighted by Gasteiger charge is -2.28. The van der Waals surface area contributed by atoms with Gasteiger partial charge in [-0.1, -0.05) is 24.6 Å². The lowest BCUT2D eigenvalue weighted by molar-refractivity contribution is 0.114. The zero-order valence-electron chi connectivity index (χ0n) is 11.4.